The van der Waals surface area contributed by atoms with E-state index in [1.165, 1.54) is 12.1 Å². The topological polar surface area (TPSA) is 57.5 Å². The van der Waals surface area contributed by atoms with E-state index in [2.05, 4.69) is 15.9 Å². The Morgan fingerprint density at radius 3 is 2.64 bits per heavy atom. The standard InChI is InChI=1S/C9H8BrFO3/c1-4-2-3-5(7(11)6(4)10)8(12)9(13)14/h2-3,8,12H,1H3,(H,13,14). The maximum absolute atomic E-state index is 13.4. The molecule has 0 aliphatic carbocycles. The highest BCUT2D eigenvalue weighted by Crippen LogP contribution is 2.26. The summed E-state index contributed by atoms with van der Waals surface area (Å²) in [5.41, 5.74) is 0.402. The van der Waals surface area contributed by atoms with Crippen molar-refractivity contribution < 1.29 is 19.4 Å². The third-order valence-corrected chi connectivity index (χ3v) is 2.81. The van der Waals surface area contributed by atoms with Crippen LogP contribution >= 0.6 is 15.9 Å². The summed E-state index contributed by atoms with van der Waals surface area (Å²) in [7, 11) is 0. The molecule has 0 amide bonds. The smallest absolute Gasteiger partial charge is 0.337 e. The first-order valence-electron chi connectivity index (χ1n) is 3.80. The molecule has 0 saturated carbocycles. The lowest BCUT2D eigenvalue weighted by atomic mass is 10.1. The van der Waals surface area contributed by atoms with Crippen LogP contribution in [0, 0.1) is 12.7 Å². The lowest BCUT2D eigenvalue weighted by Gasteiger charge is -2.09. The van der Waals surface area contributed by atoms with Crippen LogP contribution in [0.15, 0.2) is 16.6 Å². The van der Waals surface area contributed by atoms with E-state index in [0.717, 1.165) is 0 Å². The summed E-state index contributed by atoms with van der Waals surface area (Å²) in [5.74, 6) is -2.21. The van der Waals surface area contributed by atoms with Gasteiger partial charge in [0.25, 0.3) is 0 Å². The molecular weight excluding hydrogens is 255 g/mol. The second kappa shape index (κ2) is 4.06. The minimum atomic E-state index is -1.83. The molecule has 1 unspecified atom stereocenters. The molecule has 76 valence electrons. The van der Waals surface area contributed by atoms with E-state index in [0.29, 0.717) is 5.56 Å². The number of aryl methyl sites for hydroxylation is 1. The fourth-order valence-electron chi connectivity index (χ4n) is 1.01. The van der Waals surface area contributed by atoms with E-state index in [9.17, 15) is 9.18 Å². The fourth-order valence-corrected chi connectivity index (χ4v) is 1.37. The number of aliphatic hydroxyl groups excluding tert-OH is 1. The molecule has 1 atom stereocenters. The van der Waals surface area contributed by atoms with Crippen LogP contribution in [0.3, 0.4) is 0 Å². The monoisotopic (exact) mass is 262 g/mol. The molecule has 0 heterocycles. The number of benzene rings is 1. The Morgan fingerprint density at radius 2 is 2.14 bits per heavy atom. The maximum atomic E-state index is 13.4. The van der Waals surface area contributed by atoms with Crippen molar-refractivity contribution in [2.45, 2.75) is 13.0 Å². The van der Waals surface area contributed by atoms with Gasteiger partial charge in [-0.1, -0.05) is 12.1 Å². The Labute approximate surface area is 88.3 Å². The Balaban J connectivity index is 3.24. The lowest BCUT2D eigenvalue weighted by molar-refractivity contribution is -0.147. The molecule has 0 aliphatic rings. The molecule has 0 aromatic heterocycles. The van der Waals surface area contributed by atoms with Crippen molar-refractivity contribution in [3.8, 4) is 0 Å². The predicted molar refractivity (Wildman–Crippen MR) is 51.4 cm³/mol. The van der Waals surface area contributed by atoms with Gasteiger partial charge in [0.1, 0.15) is 5.82 Å². The summed E-state index contributed by atoms with van der Waals surface area (Å²) in [6, 6.07) is 2.79. The van der Waals surface area contributed by atoms with Gasteiger partial charge in [0.05, 0.1) is 4.47 Å². The minimum Gasteiger partial charge on any atom is -0.479 e. The van der Waals surface area contributed by atoms with Gasteiger partial charge in [0.2, 0.25) is 0 Å². The zero-order chi connectivity index (χ0) is 10.9. The second-order valence-corrected chi connectivity index (χ2v) is 3.63. The third-order valence-electron chi connectivity index (χ3n) is 1.83. The highest BCUT2D eigenvalue weighted by Gasteiger charge is 2.21. The van der Waals surface area contributed by atoms with Gasteiger partial charge in [-0.05, 0) is 28.4 Å². The summed E-state index contributed by atoms with van der Waals surface area (Å²) >= 11 is 2.97. The van der Waals surface area contributed by atoms with Crippen LogP contribution in [0.4, 0.5) is 4.39 Å². The summed E-state index contributed by atoms with van der Waals surface area (Å²) < 4.78 is 13.6. The van der Waals surface area contributed by atoms with Gasteiger partial charge >= 0.3 is 5.97 Å². The molecule has 0 aliphatic heterocycles. The van der Waals surface area contributed by atoms with Crippen molar-refractivity contribution in [2.24, 2.45) is 0 Å². The van der Waals surface area contributed by atoms with Crippen molar-refractivity contribution in [2.75, 3.05) is 0 Å². The van der Waals surface area contributed by atoms with E-state index in [-0.39, 0.29) is 10.0 Å². The Bertz CT molecular complexity index is 379. The third kappa shape index (κ3) is 1.93. The van der Waals surface area contributed by atoms with Crippen LogP contribution in [0.1, 0.15) is 17.2 Å². The van der Waals surface area contributed by atoms with Gasteiger partial charge in [-0.3, -0.25) is 0 Å². The summed E-state index contributed by atoms with van der Waals surface area (Å²) in [6.07, 6.45) is -1.83. The number of carboxylic acid groups (broad SMARTS) is 1. The van der Waals surface area contributed by atoms with Crippen molar-refractivity contribution in [3.63, 3.8) is 0 Å². The molecule has 0 fully saturated rings. The molecule has 14 heavy (non-hydrogen) atoms. The van der Waals surface area contributed by atoms with Gasteiger partial charge in [0.15, 0.2) is 6.10 Å². The van der Waals surface area contributed by atoms with Crippen molar-refractivity contribution in [1.29, 1.82) is 0 Å². The van der Waals surface area contributed by atoms with Gasteiger partial charge in [-0.25, -0.2) is 9.18 Å². The number of carboxylic acids is 1. The molecule has 1 rings (SSSR count). The first-order chi connectivity index (χ1) is 6.45. The zero-order valence-corrected chi connectivity index (χ0v) is 8.88. The maximum Gasteiger partial charge on any atom is 0.337 e. The molecule has 1 aromatic rings. The van der Waals surface area contributed by atoms with Crippen LogP contribution in [-0.2, 0) is 4.79 Å². The van der Waals surface area contributed by atoms with Crippen molar-refractivity contribution in [1.82, 2.24) is 0 Å². The summed E-state index contributed by atoms with van der Waals surface area (Å²) in [5, 5.41) is 17.6. The number of aliphatic carboxylic acids is 1. The second-order valence-electron chi connectivity index (χ2n) is 2.84. The van der Waals surface area contributed by atoms with E-state index in [1.807, 2.05) is 0 Å². The van der Waals surface area contributed by atoms with Crippen LogP contribution in [0.5, 0.6) is 0 Å². The average molecular weight is 263 g/mol. The van der Waals surface area contributed by atoms with Crippen LogP contribution in [0.2, 0.25) is 0 Å². The van der Waals surface area contributed by atoms with Crippen LogP contribution in [0.25, 0.3) is 0 Å². The average Bonchev–Trinajstić information content (AvgIpc) is 2.13. The molecule has 0 radical (unpaired) electrons. The highest BCUT2D eigenvalue weighted by molar-refractivity contribution is 9.10. The van der Waals surface area contributed by atoms with Gasteiger partial charge in [-0.2, -0.15) is 0 Å². The molecule has 1 aromatic carbocycles. The fraction of sp³-hybridized carbons (Fsp3) is 0.222. The number of aliphatic hydroxyl groups is 1. The van der Waals surface area contributed by atoms with Crippen molar-refractivity contribution in [3.05, 3.63) is 33.5 Å². The molecule has 0 saturated heterocycles. The molecular formula is C9H8BrFO3. The first-order valence-corrected chi connectivity index (χ1v) is 4.59. The Kier molecular flexibility index (Phi) is 3.23. The number of carbonyl (C=O) groups is 1. The quantitative estimate of drug-likeness (QED) is 0.858. The summed E-state index contributed by atoms with van der Waals surface area (Å²) in [4.78, 5) is 10.4. The van der Waals surface area contributed by atoms with Gasteiger partial charge < -0.3 is 10.2 Å². The lowest BCUT2D eigenvalue weighted by Crippen LogP contribution is -2.12. The number of hydrogen-bond donors (Lipinski definition) is 2. The predicted octanol–water partition coefficient (Wildman–Crippen LogP) is 2.01. The van der Waals surface area contributed by atoms with E-state index < -0.39 is 17.9 Å². The molecule has 0 spiro atoms. The molecule has 5 heteroatoms. The minimum absolute atomic E-state index is 0.176. The van der Waals surface area contributed by atoms with E-state index in [4.69, 9.17) is 10.2 Å². The Morgan fingerprint density at radius 1 is 1.57 bits per heavy atom. The largest absolute Gasteiger partial charge is 0.479 e. The van der Waals surface area contributed by atoms with E-state index >= 15 is 0 Å². The van der Waals surface area contributed by atoms with Crippen LogP contribution < -0.4 is 0 Å². The van der Waals surface area contributed by atoms with Crippen molar-refractivity contribution >= 4 is 21.9 Å². The molecule has 2 N–H and O–H groups in total. The van der Waals surface area contributed by atoms with E-state index in [1.54, 1.807) is 6.92 Å². The summed E-state index contributed by atoms with van der Waals surface area (Å²) in [6.45, 7) is 1.67. The number of hydrogen-bond acceptors (Lipinski definition) is 2. The number of halogens is 2. The van der Waals surface area contributed by atoms with Crippen LogP contribution in [-0.4, -0.2) is 16.2 Å². The number of rotatable bonds is 2. The SMILES string of the molecule is Cc1ccc(C(O)C(=O)O)c(F)c1Br. The zero-order valence-electron chi connectivity index (χ0n) is 7.29. The normalized spacial score (nSPS) is 12.6. The Hall–Kier alpha value is -0.940. The molecule has 3 nitrogen and oxygen atoms in total. The molecule has 0 bridgehead atoms. The van der Waals surface area contributed by atoms with Gasteiger partial charge in [0, 0.05) is 5.56 Å². The highest BCUT2D eigenvalue weighted by atomic mass is 79.9. The van der Waals surface area contributed by atoms with Gasteiger partial charge in [-0.15, -0.1) is 0 Å². The first kappa shape index (κ1) is 11.1.